The van der Waals surface area contributed by atoms with Gasteiger partial charge in [-0.05, 0) is 36.9 Å². The molecule has 2 heterocycles. The molecular formula is C12H16N2OS. The predicted octanol–water partition coefficient (Wildman–Crippen LogP) is 2.33. The van der Waals surface area contributed by atoms with E-state index in [0.29, 0.717) is 0 Å². The number of fused-ring (bicyclic) bond motifs is 1. The van der Waals surface area contributed by atoms with E-state index < -0.39 is 0 Å². The molecule has 2 N–H and O–H groups in total. The van der Waals surface area contributed by atoms with Crippen LogP contribution in [0.3, 0.4) is 0 Å². The van der Waals surface area contributed by atoms with Crippen LogP contribution in [0.2, 0.25) is 0 Å². The number of rotatable bonds is 4. The maximum Gasteiger partial charge on any atom is 0.0809 e. The van der Waals surface area contributed by atoms with Gasteiger partial charge >= 0.3 is 0 Å². The van der Waals surface area contributed by atoms with Gasteiger partial charge in [0, 0.05) is 18.3 Å². The van der Waals surface area contributed by atoms with Gasteiger partial charge in [-0.15, -0.1) is 11.3 Å². The van der Waals surface area contributed by atoms with E-state index in [4.69, 9.17) is 5.11 Å². The van der Waals surface area contributed by atoms with Gasteiger partial charge in [0.15, 0.2) is 0 Å². The number of hydrogen-bond acceptors (Lipinski definition) is 4. The quantitative estimate of drug-likeness (QED) is 0.856. The third-order valence-electron chi connectivity index (χ3n) is 2.63. The monoisotopic (exact) mass is 236 g/mol. The topological polar surface area (TPSA) is 45.1 Å². The number of thiophene rings is 1. The van der Waals surface area contributed by atoms with E-state index in [2.05, 4.69) is 28.7 Å². The first-order chi connectivity index (χ1) is 7.70. The standard InChI is InChI=1S/C12H16N2OS/c1-8(7-15)14-9(2)10-5-12-11(13-6-10)3-4-16-12/h3-6,8-9,14-15H,7H2,1-2H3. The van der Waals surface area contributed by atoms with Crippen molar-refractivity contribution in [3.8, 4) is 0 Å². The zero-order chi connectivity index (χ0) is 11.5. The Hall–Kier alpha value is -0.970. The third-order valence-corrected chi connectivity index (χ3v) is 3.49. The van der Waals surface area contributed by atoms with Crippen molar-refractivity contribution in [3.63, 3.8) is 0 Å². The number of aromatic nitrogens is 1. The van der Waals surface area contributed by atoms with Crippen molar-refractivity contribution in [1.29, 1.82) is 0 Å². The van der Waals surface area contributed by atoms with Gasteiger partial charge in [0.1, 0.15) is 0 Å². The number of aliphatic hydroxyl groups is 1. The highest BCUT2D eigenvalue weighted by molar-refractivity contribution is 7.17. The lowest BCUT2D eigenvalue weighted by Gasteiger charge is -2.18. The fraction of sp³-hybridized carbons (Fsp3) is 0.417. The Balaban J connectivity index is 2.18. The fourth-order valence-electron chi connectivity index (χ4n) is 1.67. The summed E-state index contributed by atoms with van der Waals surface area (Å²) in [6.07, 6.45) is 1.90. The summed E-state index contributed by atoms with van der Waals surface area (Å²) in [7, 11) is 0. The summed E-state index contributed by atoms with van der Waals surface area (Å²) in [5, 5.41) is 14.4. The first kappa shape index (κ1) is 11.5. The lowest BCUT2D eigenvalue weighted by molar-refractivity contribution is 0.243. The molecule has 0 aliphatic heterocycles. The second-order valence-electron chi connectivity index (χ2n) is 4.04. The molecule has 0 saturated heterocycles. The Morgan fingerprint density at radius 2 is 2.31 bits per heavy atom. The molecule has 2 unspecified atom stereocenters. The van der Waals surface area contributed by atoms with Gasteiger partial charge in [-0.3, -0.25) is 4.98 Å². The molecule has 0 radical (unpaired) electrons. The van der Waals surface area contributed by atoms with Crippen LogP contribution in [0.4, 0.5) is 0 Å². The molecule has 4 heteroatoms. The van der Waals surface area contributed by atoms with Gasteiger partial charge in [0.2, 0.25) is 0 Å². The van der Waals surface area contributed by atoms with Gasteiger partial charge in [-0.1, -0.05) is 0 Å². The van der Waals surface area contributed by atoms with Crippen molar-refractivity contribution in [1.82, 2.24) is 10.3 Å². The van der Waals surface area contributed by atoms with Crippen LogP contribution in [-0.2, 0) is 0 Å². The summed E-state index contributed by atoms with van der Waals surface area (Å²) in [6, 6.07) is 4.50. The molecule has 2 aromatic rings. The highest BCUT2D eigenvalue weighted by atomic mass is 32.1. The molecule has 3 nitrogen and oxygen atoms in total. The normalized spacial score (nSPS) is 15.2. The summed E-state index contributed by atoms with van der Waals surface area (Å²) < 4.78 is 1.21. The van der Waals surface area contributed by atoms with Crippen LogP contribution in [-0.4, -0.2) is 22.7 Å². The Bertz CT molecular complexity index is 469. The van der Waals surface area contributed by atoms with Crippen LogP contribution < -0.4 is 5.32 Å². The van der Waals surface area contributed by atoms with E-state index in [1.54, 1.807) is 11.3 Å². The van der Waals surface area contributed by atoms with E-state index in [1.807, 2.05) is 19.2 Å². The molecule has 0 aliphatic carbocycles. The molecule has 0 aliphatic rings. The smallest absolute Gasteiger partial charge is 0.0809 e. The van der Waals surface area contributed by atoms with Crippen molar-refractivity contribution < 1.29 is 5.11 Å². The van der Waals surface area contributed by atoms with Gasteiger partial charge in [-0.25, -0.2) is 0 Å². The average Bonchev–Trinajstić information content (AvgIpc) is 2.75. The van der Waals surface area contributed by atoms with Gasteiger partial charge in [0.05, 0.1) is 16.8 Å². The predicted molar refractivity (Wildman–Crippen MR) is 67.7 cm³/mol. The van der Waals surface area contributed by atoms with Crippen LogP contribution in [0.5, 0.6) is 0 Å². The minimum absolute atomic E-state index is 0.106. The molecule has 86 valence electrons. The van der Waals surface area contributed by atoms with Crippen molar-refractivity contribution in [3.05, 3.63) is 29.3 Å². The maximum absolute atomic E-state index is 8.99. The van der Waals surface area contributed by atoms with Crippen LogP contribution >= 0.6 is 11.3 Å². The van der Waals surface area contributed by atoms with Gasteiger partial charge < -0.3 is 10.4 Å². The van der Waals surface area contributed by atoms with Crippen molar-refractivity contribution in [2.45, 2.75) is 25.9 Å². The molecule has 0 spiro atoms. The molecule has 0 saturated carbocycles. The van der Waals surface area contributed by atoms with Crippen molar-refractivity contribution in [2.75, 3.05) is 6.61 Å². The molecule has 2 atom stereocenters. The van der Waals surface area contributed by atoms with Crippen LogP contribution in [0.15, 0.2) is 23.7 Å². The number of hydrogen-bond donors (Lipinski definition) is 2. The lowest BCUT2D eigenvalue weighted by Crippen LogP contribution is -2.31. The van der Waals surface area contributed by atoms with E-state index in [-0.39, 0.29) is 18.7 Å². The number of aliphatic hydroxyl groups excluding tert-OH is 1. The average molecular weight is 236 g/mol. The summed E-state index contributed by atoms with van der Waals surface area (Å²) in [5.41, 5.74) is 2.21. The number of nitrogens with zero attached hydrogens (tertiary/aromatic N) is 1. The zero-order valence-electron chi connectivity index (χ0n) is 9.47. The second kappa shape index (κ2) is 4.91. The fourth-order valence-corrected chi connectivity index (χ4v) is 2.46. The lowest BCUT2D eigenvalue weighted by atomic mass is 10.1. The number of nitrogens with one attached hydrogen (secondary N) is 1. The summed E-state index contributed by atoms with van der Waals surface area (Å²) >= 11 is 1.70. The Morgan fingerprint density at radius 1 is 1.50 bits per heavy atom. The van der Waals surface area contributed by atoms with Crippen molar-refractivity contribution >= 4 is 21.6 Å². The molecule has 0 aromatic carbocycles. The Morgan fingerprint density at radius 3 is 3.06 bits per heavy atom. The molecule has 0 bridgehead atoms. The second-order valence-corrected chi connectivity index (χ2v) is 4.99. The zero-order valence-corrected chi connectivity index (χ0v) is 10.3. The third kappa shape index (κ3) is 2.40. The first-order valence-corrected chi connectivity index (χ1v) is 6.28. The molecule has 16 heavy (non-hydrogen) atoms. The highest BCUT2D eigenvalue weighted by Crippen LogP contribution is 2.22. The van der Waals surface area contributed by atoms with E-state index >= 15 is 0 Å². The van der Waals surface area contributed by atoms with E-state index in [1.165, 1.54) is 4.70 Å². The van der Waals surface area contributed by atoms with E-state index in [9.17, 15) is 0 Å². The molecule has 0 amide bonds. The summed E-state index contributed by atoms with van der Waals surface area (Å²) in [5.74, 6) is 0. The minimum atomic E-state index is 0.106. The van der Waals surface area contributed by atoms with Gasteiger partial charge in [0.25, 0.3) is 0 Å². The first-order valence-electron chi connectivity index (χ1n) is 5.40. The maximum atomic E-state index is 8.99. The van der Waals surface area contributed by atoms with Crippen molar-refractivity contribution in [2.24, 2.45) is 0 Å². The van der Waals surface area contributed by atoms with Crippen LogP contribution in [0, 0.1) is 0 Å². The molecule has 2 aromatic heterocycles. The van der Waals surface area contributed by atoms with Gasteiger partial charge in [-0.2, -0.15) is 0 Å². The number of pyridine rings is 1. The largest absolute Gasteiger partial charge is 0.395 e. The van der Waals surface area contributed by atoms with Crippen LogP contribution in [0.1, 0.15) is 25.5 Å². The molecular weight excluding hydrogens is 220 g/mol. The summed E-state index contributed by atoms with van der Waals surface area (Å²) in [4.78, 5) is 4.40. The molecule has 0 fully saturated rings. The minimum Gasteiger partial charge on any atom is -0.395 e. The van der Waals surface area contributed by atoms with Crippen LogP contribution in [0.25, 0.3) is 10.2 Å². The summed E-state index contributed by atoms with van der Waals surface area (Å²) in [6.45, 7) is 4.20. The SMILES string of the molecule is CC(CO)NC(C)c1cnc2ccsc2c1. The highest BCUT2D eigenvalue weighted by Gasteiger charge is 2.09. The van der Waals surface area contributed by atoms with E-state index in [0.717, 1.165) is 11.1 Å². The Labute approximate surface area is 99.1 Å². The Kier molecular flexibility index (Phi) is 3.53. The molecule has 2 rings (SSSR count).